The van der Waals surface area contributed by atoms with Crippen molar-refractivity contribution >= 4 is 11.9 Å². The van der Waals surface area contributed by atoms with E-state index in [4.69, 9.17) is 24.1 Å². The lowest BCUT2D eigenvalue weighted by molar-refractivity contribution is -0.192. The zero-order valence-corrected chi connectivity index (χ0v) is 17.9. The standard InChI is InChI=1S/C19H26N2O4.C2HF3O2/c1-3-20-10-14-15(11-20)21(7-6-16(14)23-2)19(22)9-13-4-5-17-18(8-13)25-12-24-17;3-2(4,5)1(6)7/h4-5,8,14-16H,3,6-7,9-12H2,1-2H3;(H,6,7)/t14-,15+,16-;/m0./s1. The molecule has 11 heteroatoms. The number of carbonyl (C=O) groups excluding carboxylic acids is 1. The predicted molar refractivity (Wildman–Crippen MR) is 106 cm³/mol. The van der Waals surface area contributed by atoms with Gasteiger partial charge in [0.05, 0.1) is 18.6 Å². The summed E-state index contributed by atoms with van der Waals surface area (Å²) in [5.74, 6) is -0.654. The highest BCUT2D eigenvalue weighted by atomic mass is 19.4. The van der Waals surface area contributed by atoms with Gasteiger partial charge in [0.15, 0.2) is 11.5 Å². The summed E-state index contributed by atoms with van der Waals surface area (Å²) in [4.78, 5) is 26.4. The van der Waals surface area contributed by atoms with Crippen molar-refractivity contribution in [1.29, 1.82) is 0 Å². The van der Waals surface area contributed by atoms with E-state index in [1.54, 1.807) is 7.11 Å². The number of halogens is 3. The van der Waals surface area contributed by atoms with Gasteiger partial charge in [0.1, 0.15) is 0 Å². The highest BCUT2D eigenvalue weighted by Gasteiger charge is 2.45. The van der Waals surface area contributed by atoms with Crippen LogP contribution in [-0.4, -0.2) is 85.2 Å². The molecule has 0 spiro atoms. The van der Waals surface area contributed by atoms with Gasteiger partial charge in [-0.15, -0.1) is 0 Å². The van der Waals surface area contributed by atoms with Crippen molar-refractivity contribution in [3.05, 3.63) is 23.8 Å². The summed E-state index contributed by atoms with van der Waals surface area (Å²) in [6.45, 7) is 6.21. The maximum atomic E-state index is 13.0. The van der Waals surface area contributed by atoms with Gasteiger partial charge in [-0.25, -0.2) is 4.79 Å². The third-order valence-electron chi connectivity index (χ3n) is 6.05. The van der Waals surface area contributed by atoms with Crippen molar-refractivity contribution in [2.75, 3.05) is 40.1 Å². The summed E-state index contributed by atoms with van der Waals surface area (Å²) in [5.41, 5.74) is 0.977. The molecule has 3 aliphatic rings. The molecule has 1 aromatic rings. The second-order valence-corrected chi connectivity index (χ2v) is 7.90. The van der Waals surface area contributed by atoms with Crippen molar-refractivity contribution in [2.24, 2.45) is 5.92 Å². The fourth-order valence-corrected chi connectivity index (χ4v) is 4.42. The van der Waals surface area contributed by atoms with Crippen LogP contribution in [0.1, 0.15) is 18.9 Å². The van der Waals surface area contributed by atoms with E-state index >= 15 is 0 Å². The van der Waals surface area contributed by atoms with Gasteiger partial charge in [0.2, 0.25) is 12.7 Å². The number of rotatable bonds is 4. The molecule has 3 aliphatic heterocycles. The Morgan fingerprint density at radius 1 is 1.22 bits per heavy atom. The van der Waals surface area contributed by atoms with Crippen LogP contribution in [0.15, 0.2) is 18.2 Å². The lowest BCUT2D eigenvalue weighted by Crippen LogP contribution is -2.54. The molecule has 1 aromatic carbocycles. The van der Waals surface area contributed by atoms with Gasteiger partial charge in [-0.2, -0.15) is 13.2 Å². The normalized spacial score (nSPS) is 24.5. The van der Waals surface area contributed by atoms with Crippen LogP contribution in [0.2, 0.25) is 0 Å². The summed E-state index contributed by atoms with van der Waals surface area (Å²) >= 11 is 0. The summed E-state index contributed by atoms with van der Waals surface area (Å²) < 4.78 is 48.2. The minimum Gasteiger partial charge on any atom is -0.475 e. The number of carbonyl (C=O) groups is 2. The lowest BCUT2D eigenvalue weighted by Gasteiger charge is -2.41. The van der Waals surface area contributed by atoms with E-state index in [1.807, 2.05) is 18.2 Å². The molecule has 0 unspecified atom stereocenters. The van der Waals surface area contributed by atoms with Gasteiger partial charge in [-0.05, 0) is 30.7 Å². The molecule has 1 N–H and O–H groups in total. The molecule has 2 saturated heterocycles. The van der Waals surface area contributed by atoms with Crippen molar-refractivity contribution in [3.63, 3.8) is 0 Å². The van der Waals surface area contributed by atoms with Crippen LogP contribution in [0.4, 0.5) is 13.2 Å². The average Bonchev–Trinajstić information content (AvgIpc) is 3.39. The van der Waals surface area contributed by atoms with Gasteiger partial charge in [0, 0.05) is 32.7 Å². The van der Waals surface area contributed by atoms with Gasteiger partial charge >= 0.3 is 12.1 Å². The smallest absolute Gasteiger partial charge is 0.475 e. The first kappa shape index (κ1) is 24.1. The first-order chi connectivity index (χ1) is 15.1. The van der Waals surface area contributed by atoms with E-state index in [2.05, 4.69) is 16.7 Å². The number of amides is 1. The molecular weight excluding hydrogens is 433 g/mol. The highest BCUT2D eigenvalue weighted by molar-refractivity contribution is 5.79. The number of ether oxygens (including phenoxy) is 3. The number of aliphatic carboxylic acids is 1. The number of carboxylic acid groups (broad SMARTS) is 1. The second-order valence-electron chi connectivity index (χ2n) is 7.90. The number of benzene rings is 1. The summed E-state index contributed by atoms with van der Waals surface area (Å²) in [6, 6.07) is 6.03. The van der Waals surface area contributed by atoms with Crippen molar-refractivity contribution in [1.82, 2.24) is 9.80 Å². The summed E-state index contributed by atoms with van der Waals surface area (Å²) in [6.07, 6.45) is -3.50. The number of likely N-dealkylation sites (tertiary alicyclic amines) is 2. The third kappa shape index (κ3) is 5.44. The Bertz CT molecular complexity index is 834. The average molecular weight is 460 g/mol. The SMILES string of the molecule is CCN1C[C@@H]2[C@@H](OC)CCN(C(=O)Cc3ccc4c(c3)OCO4)[C@@H]2C1.O=C(O)C(F)(F)F. The molecule has 0 bridgehead atoms. The minimum absolute atomic E-state index is 0.196. The van der Waals surface area contributed by atoms with Crippen molar-refractivity contribution in [2.45, 2.75) is 38.1 Å². The zero-order chi connectivity index (χ0) is 23.5. The van der Waals surface area contributed by atoms with Gasteiger partial charge in [0.25, 0.3) is 0 Å². The van der Waals surface area contributed by atoms with Crippen LogP contribution in [-0.2, 0) is 20.7 Å². The molecule has 0 aliphatic carbocycles. The number of methoxy groups -OCH3 is 1. The van der Waals surface area contributed by atoms with Gasteiger partial charge in [-0.3, -0.25) is 4.79 Å². The number of piperidine rings is 1. The first-order valence-electron chi connectivity index (χ1n) is 10.4. The number of nitrogens with zero attached hydrogens (tertiary/aromatic N) is 2. The van der Waals surface area contributed by atoms with Crippen LogP contribution in [0.5, 0.6) is 11.5 Å². The van der Waals surface area contributed by atoms with E-state index in [9.17, 15) is 18.0 Å². The number of carboxylic acids is 1. The Morgan fingerprint density at radius 3 is 2.53 bits per heavy atom. The molecular formula is C21H27F3N2O6. The third-order valence-corrected chi connectivity index (χ3v) is 6.05. The molecule has 3 atom stereocenters. The molecule has 178 valence electrons. The van der Waals surface area contributed by atoms with E-state index in [1.165, 1.54) is 0 Å². The fraction of sp³-hybridized carbons (Fsp3) is 0.619. The number of fused-ring (bicyclic) bond motifs is 2. The van der Waals surface area contributed by atoms with E-state index < -0.39 is 12.1 Å². The number of alkyl halides is 3. The van der Waals surface area contributed by atoms with E-state index in [0.717, 1.165) is 49.7 Å². The molecule has 2 fully saturated rings. The van der Waals surface area contributed by atoms with Crippen LogP contribution in [0.25, 0.3) is 0 Å². The Morgan fingerprint density at radius 2 is 1.91 bits per heavy atom. The van der Waals surface area contributed by atoms with Crippen molar-refractivity contribution < 1.29 is 42.1 Å². The van der Waals surface area contributed by atoms with Crippen LogP contribution in [0.3, 0.4) is 0 Å². The largest absolute Gasteiger partial charge is 0.490 e. The Balaban J connectivity index is 0.000000360. The molecule has 32 heavy (non-hydrogen) atoms. The number of likely N-dealkylation sites (N-methyl/N-ethyl adjacent to an activating group) is 1. The quantitative estimate of drug-likeness (QED) is 0.737. The first-order valence-corrected chi connectivity index (χ1v) is 10.4. The number of hydrogen-bond donors (Lipinski definition) is 1. The maximum Gasteiger partial charge on any atom is 0.490 e. The maximum absolute atomic E-state index is 13.0. The fourth-order valence-electron chi connectivity index (χ4n) is 4.42. The van der Waals surface area contributed by atoms with Gasteiger partial charge < -0.3 is 29.1 Å². The summed E-state index contributed by atoms with van der Waals surface area (Å²) in [7, 11) is 1.79. The minimum atomic E-state index is -5.08. The summed E-state index contributed by atoms with van der Waals surface area (Å²) in [5, 5.41) is 7.12. The Kier molecular flexibility index (Phi) is 7.50. The van der Waals surface area contributed by atoms with Gasteiger partial charge in [-0.1, -0.05) is 13.0 Å². The monoisotopic (exact) mass is 460 g/mol. The highest BCUT2D eigenvalue weighted by Crippen LogP contribution is 2.35. The molecule has 8 nitrogen and oxygen atoms in total. The molecule has 4 rings (SSSR count). The Hall–Kier alpha value is -2.53. The second kappa shape index (κ2) is 9.95. The van der Waals surface area contributed by atoms with Crippen LogP contribution in [0, 0.1) is 5.92 Å². The van der Waals surface area contributed by atoms with Crippen LogP contribution >= 0.6 is 0 Å². The number of hydrogen-bond acceptors (Lipinski definition) is 6. The zero-order valence-electron chi connectivity index (χ0n) is 17.9. The van der Waals surface area contributed by atoms with Crippen molar-refractivity contribution in [3.8, 4) is 11.5 Å². The molecule has 0 radical (unpaired) electrons. The lowest BCUT2D eigenvalue weighted by atomic mass is 9.88. The van der Waals surface area contributed by atoms with E-state index in [-0.39, 0.29) is 24.8 Å². The molecule has 0 aromatic heterocycles. The van der Waals surface area contributed by atoms with Crippen LogP contribution < -0.4 is 9.47 Å². The van der Waals surface area contributed by atoms with E-state index in [0.29, 0.717) is 12.3 Å². The molecule has 0 saturated carbocycles. The predicted octanol–water partition coefficient (Wildman–Crippen LogP) is 2.16. The Labute approximate surface area is 183 Å². The molecule has 1 amide bonds. The molecule has 3 heterocycles. The topological polar surface area (TPSA) is 88.5 Å².